The minimum Gasteiger partial charge on any atom is -0.419 e. The molecule has 2 heterocycles. The van der Waals surface area contributed by atoms with Crippen molar-refractivity contribution in [2.45, 2.75) is 20.4 Å². The van der Waals surface area contributed by atoms with Crippen molar-refractivity contribution < 1.29 is 9.34 Å². The molecule has 0 spiro atoms. The Kier molecular flexibility index (Phi) is 5.26. The number of anilines is 1. The van der Waals surface area contributed by atoms with E-state index in [0.717, 1.165) is 26.2 Å². The molecule has 0 atom stereocenters. The van der Waals surface area contributed by atoms with E-state index in [1.165, 1.54) is 28.9 Å². The van der Waals surface area contributed by atoms with E-state index in [0.29, 0.717) is 23.9 Å². The molecular formula is C21H23N5O3. The van der Waals surface area contributed by atoms with Gasteiger partial charge in [-0.3, -0.25) is 15.0 Å². The Balaban J connectivity index is 1.36. The predicted molar refractivity (Wildman–Crippen MR) is 110 cm³/mol. The maximum Gasteiger partial charge on any atom is 0.269 e. The summed E-state index contributed by atoms with van der Waals surface area (Å²) in [5, 5.41) is 19.0. The summed E-state index contributed by atoms with van der Waals surface area (Å²) in [5.74, 6) is 0.933. The van der Waals surface area contributed by atoms with Gasteiger partial charge in [-0.25, -0.2) is 0 Å². The van der Waals surface area contributed by atoms with Gasteiger partial charge in [0.2, 0.25) is 11.8 Å². The molecule has 1 aliphatic rings. The molecule has 2 aromatic carbocycles. The average molecular weight is 393 g/mol. The summed E-state index contributed by atoms with van der Waals surface area (Å²) >= 11 is 0. The van der Waals surface area contributed by atoms with Crippen molar-refractivity contribution in [3.63, 3.8) is 0 Å². The van der Waals surface area contributed by atoms with E-state index in [9.17, 15) is 10.1 Å². The van der Waals surface area contributed by atoms with E-state index in [1.807, 2.05) is 0 Å². The molecule has 1 fully saturated rings. The Morgan fingerprint density at radius 1 is 1.03 bits per heavy atom. The highest BCUT2D eigenvalue weighted by Crippen LogP contribution is 2.25. The van der Waals surface area contributed by atoms with Crippen molar-refractivity contribution in [3.05, 3.63) is 69.6 Å². The van der Waals surface area contributed by atoms with E-state index in [1.54, 1.807) is 12.1 Å². The minimum absolute atomic E-state index is 0.0372. The van der Waals surface area contributed by atoms with Crippen molar-refractivity contribution in [2.24, 2.45) is 0 Å². The van der Waals surface area contributed by atoms with E-state index in [2.05, 4.69) is 52.0 Å². The van der Waals surface area contributed by atoms with Crippen molar-refractivity contribution in [1.82, 2.24) is 15.1 Å². The lowest BCUT2D eigenvalue weighted by molar-refractivity contribution is -0.384. The first-order chi connectivity index (χ1) is 14.0. The number of nitrogens with zero attached hydrogens (tertiary/aromatic N) is 5. The van der Waals surface area contributed by atoms with Gasteiger partial charge in [0.15, 0.2) is 0 Å². The molecule has 3 aromatic rings. The first-order valence-corrected chi connectivity index (χ1v) is 9.62. The van der Waals surface area contributed by atoms with Gasteiger partial charge in [0.05, 0.1) is 11.5 Å². The number of nitro benzene ring substituents is 1. The van der Waals surface area contributed by atoms with Gasteiger partial charge in [0.1, 0.15) is 0 Å². The highest BCUT2D eigenvalue weighted by molar-refractivity contribution is 5.56. The fourth-order valence-electron chi connectivity index (χ4n) is 3.58. The van der Waals surface area contributed by atoms with Gasteiger partial charge in [-0.05, 0) is 43.2 Å². The number of hydrogen-bond donors (Lipinski definition) is 0. The van der Waals surface area contributed by atoms with Crippen LogP contribution >= 0.6 is 0 Å². The number of aryl methyl sites for hydroxylation is 1. The second-order valence-electron chi connectivity index (χ2n) is 7.29. The molecule has 1 saturated heterocycles. The molecule has 1 aromatic heterocycles. The van der Waals surface area contributed by atoms with E-state index < -0.39 is 4.92 Å². The van der Waals surface area contributed by atoms with Crippen molar-refractivity contribution >= 4 is 11.4 Å². The summed E-state index contributed by atoms with van der Waals surface area (Å²) < 4.78 is 5.77. The van der Waals surface area contributed by atoms with E-state index in [-0.39, 0.29) is 5.69 Å². The quantitative estimate of drug-likeness (QED) is 0.483. The van der Waals surface area contributed by atoms with Crippen LogP contribution in [0.15, 0.2) is 46.9 Å². The standard InChI is InChI=1S/C21H23N5O3/c1-15-4-3-5-19(16(15)2)25-12-10-24(11-13-25)14-20-22-23-21(29-20)17-6-8-18(9-7-17)26(27)28/h3-9H,10-14H2,1-2H3. The Hall–Kier alpha value is -3.26. The maximum absolute atomic E-state index is 10.8. The summed E-state index contributed by atoms with van der Waals surface area (Å²) in [7, 11) is 0. The third-order valence-electron chi connectivity index (χ3n) is 5.44. The predicted octanol–water partition coefficient (Wildman–Crippen LogP) is 3.58. The van der Waals surface area contributed by atoms with Crippen molar-refractivity contribution in [2.75, 3.05) is 31.1 Å². The Labute approximate surface area is 168 Å². The van der Waals surface area contributed by atoms with Crippen LogP contribution in [0.3, 0.4) is 0 Å². The number of nitro groups is 1. The third-order valence-corrected chi connectivity index (χ3v) is 5.44. The highest BCUT2D eigenvalue weighted by atomic mass is 16.6. The lowest BCUT2D eigenvalue weighted by Crippen LogP contribution is -2.46. The molecule has 150 valence electrons. The maximum atomic E-state index is 10.8. The van der Waals surface area contributed by atoms with Gasteiger partial charge in [0, 0.05) is 49.6 Å². The molecule has 1 aliphatic heterocycles. The molecule has 8 heteroatoms. The molecule has 4 rings (SSSR count). The van der Waals surface area contributed by atoms with Crippen molar-refractivity contribution in [3.8, 4) is 11.5 Å². The van der Waals surface area contributed by atoms with Gasteiger partial charge in [-0.2, -0.15) is 0 Å². The van der Waals surface area contributed by atoms with E-state index >= 15 is 0 Å². The van der Waals surface area contributed by atoms with Gasteiger partial charge in [-0.15, -0.1) is 10.2 Å². The molecule has 8 nitrogen and oxygen atoms in total. The SMILES string of the molecule is Cc1cccc(N2CCN(Cc3nnc(-c4ccc([N+](=O)[O-])cc4)o3)CC2)c1C. The van der Waals surface area contributed by atoms with Crippen LogP contribution in [0.1, 0.15) is 17.0 Å². The average Bonchev–Trinajstić information content (AvgIpc) is 3.19. The Bertz CT molecular complexity index is 1010. The number of benzene rings is 2. The highest BCUT2D eigenvalue weighted by Gasteiger charge is 2.21. The zero-order valence-corrected chi connectivity index (χ0v) is 16.5. The second-order valence-corrected chi connectivity index (χ2v) is 7.29. The molecular weight excluding hydrogens is 370 g/mol. The summed E-state index contributed by atoms with van der Waals surface area (Å²) in [4.78, 5) is 15.1. The zero-order valence-electron chi connectivity index (χ0n) is 16.5. The number of non-ortho nitro benzene ring substituents is 1. The van der Waals surface area contributed by atoms with Crippen molar-refractivity contribution in [1.29, 1.82) is 0 Å². The molecule has 0 unspecified atom stereocenters. The van der Waals surface area contributed by atoms with Gasteiger partial charge in [-0.1, -0.05) is 12.1 Å². The number of aromatic nitrogens is 2. The first kappa shape index (κ1) is 19.1. The van der Waals surface area contributed by atoms with E-state index in [4.69, 9.17) is 4.42 Å². The minimum atomic E-state index is -0.430. The van der Waals surface area contributed by atoms with Crippen LogP contribution in [-0.2, 0) is 6.54 Å². The summed E-state index contributed by atoms with van der Waals surface area (Å²) in [6.45, 7) is 8.66. The lowest BCUT2D eigenvalue weighted by atomic mass is 10.1. The van der Waals surface area contributed by atoms with Gasteiger partial charge in [0.25, 0.3) is 5.69 Å². The number of piperazine rings is 1. The number of hydrogen-bond acceptors (Lipinski definition) is 7. The van der Waals surface area contributed by atoms with Crippen LogP contribution in [0.5, 0.6) is 0 Å². The van der Waals surface area contributed by atoms with Crippen LogP contribution < -0.4 is 4.90 Å². The number of rotatable bonds is 5. The third kappa shape index (κ3) is 4.12. The van der Waals surface area contributed by atoms with Gasteiger partial charge < -0.3 is 9.32 Å². The topological polar surface area (TPSA) is 88.5 Å². The van der Waals surface area contributed by atoms with Crippen LogP contribution in [0.2, 0.25) is 0 Å². The molecule has 0 amide bonds. The molecule has 0 N–H and O–H groups in total. The molecule has 0 bridgehead atoms. The zero-order chi connectivity index (χ0) is 20.4. The van der Waals surface area contributed by atoms with Crippen LogP contribution in [0, 0.1) is 24.0 Å². The fraction of sp³-hybridized carbons (Fsp3) is 0.333. The Morgan fingerprint density at radius 3 is 2.45 bits per heavy atom. The summed E-state index contributed by atoms with van der Waals surface area (Å²) in [5.41, 5.74) is 4.67. The first-order valence-electron chi connectivity index (χ1n) is 9.62. The van der Waals surface area contributed by atoms with Crippen LogP contribution in [-0.4, -0.2) is 46.2 Å². The Morgan fingerprint density at radius 2 is 1.76 bits per heavy atom. The molecule has 29 heavy (non-hydrogen) atoms. The van der Waals surface area contributed by atoms with Crippen LogP contribution in [0.25, 0.3) is 11.5 Å². The largest absolute Gasteiger partial charge is 0.419 e. The smallest absolute Gasteiger partial charge is 0.269 e. The second kappa shape index (κ2) is 8.00. The lowest BCUT2D eigenvalue weighted by Gasteiger charge is -2.36. The monoisotopic (exact) mass is 393 g/mol. The van der Waals surface area contributed by atoms with Gasteiger partial charge >= 0.3 is 0 Å². The molecule has 0 radical (unpaired) electrons. The van der Waals surface area contributed by atoms with Crippen LogP contribution in [0.4, 0.5) is 11.4 Å². The fourth-order valence-corrected chi connectivity index (χ4v) is 3.58. The molecule has 0 saturated carbocycles. The normalized spacial score (nSPS) is 14.9. The summed E-state index contributed by atoms with van der Waals surface area (Å²) in [6, 6.07) is 12.6. The molecule has 0 aliphatic carbocycles. The summed E-state index contributed by atoms with van der Waals surface area (Å²) in [6.07, 6.45) is 0.